The van der Waals surface area contributed by atoms with Crippen LogP contribution in [0.1, 0.15) is 19.3 Å². The molecular weight excluding hydrogens is 381 g/mol. The van der Waals surface area contributed by atoms with Crippen molar-refractivity contribution < 1.29 is 22.8 Å². The Bertz CT molecular complexity index is 825. The van der Waals surface area contributed by atoms with Crippen molar-refractivity contribution in [1.82, 2.24) is 15.0 Å². The van der Waals surface area contributed by atoms with E-state index >= 15 is 0 Å². The number of anilines is 3. The van der Waals surface area contributed by atoms with Crippen molar-refractivity contribution in [3.63, 3.8) is 0 Å². The Morgan fingerprint density at radius 3 is 2.39 bits per heavy atom. The highest BCUT2D eigenvalue weighted by atomic mass is 19.4. The first-order valence-corrected chi connectivity index (χ1v) is 8.52. The summed E-state index contributed by atoms with van der Waals surface area (Å²) in [6.45, 7) is -0.160. The molecule has 0 radical (unpaired) electrons. The highest BCUT2D eigenvalue weighted by Gasteiger charge is 2.29. The molecule has 1 saturated heterocycles. The van der Waals surface area contributed by atoms with E-state index in [0.717, 1.165) is 19.3 Å². The maximum atomic E-state index is 12.5. The second-order valence-corrected chi connectivity index (χ2v) is 6.12. The fraction of sp³-hybridized carbons (Fsp3) is 0.438. The molecule has 150 valence electrons. The number of nitrogens with one attached hydrogen (secondary N) is 1. The Balaban J connectivity index is 1.84. The lowest BCUT2D eigenvalue weighted by atomic mass is 10.1. The highest BCUT2D eigenvalue weighted by Crippen LogP contribution is 2.24. The molecule has 9 nitrogen and oxygen atoms in total. The molecule has 1 aromatic heterocycles. The van der Waals surface area contributed by atoms with E-state index in [2.05, 4.69) is 25.0 Å². The normalized spacial score (nSPS) is 14.6. The number of hydrogen-bond acceptors (Lipinski definition) is 8. The van der Waals surface area contributed by atoms with Crippen molar-refractivity contribution in [3.05, 3.63) is 34.4 Å². The monoisotopic (exact) mass is 398 g/mol. The second kappa shape index (κ2) is 8.23. The molecule has 12 heteroatoms. The summed E-state index contributed by atoms with van der Waals surface area (Å²) >= 11 is 0. The number of alkyl halides is 3. The van der Waals surface area contributed by atoms with E-state index < -0.39 is 23.7 Å². The van der Waals surface area contributed by atoms with Crippen LogP contribution in [0.3, 0.4) is 0 Å². The summed E-state index contributed by atoms with van der Waals surface area (Å²) in [6.07, 6.45) is -1.61. The number of nitrogens with zero attached hydrogens (tertiary/aromatic N) is 5. The van der Waals surface area contributed by atoms with E-state index in [0.29, 0.717) is 18.8 Å². The van der Waals surface area contributed by atoms with Crippen molar-refractivity contribution in [2.75, 3.05) is 29.9 Å². The number of piperidine rings is 1. The van der Waals surface area contributed by atoms with Crippen LogP contribution in [0.15, 0.2) is 24.3 Å². The van der Waals surface area contributed by atoms with E-state index in [-0.39, 0.29) is 17.6 Å². The molecule has 1 N–H and O–H groups in total. The molecule has 2 aromatic rings. The number of halogens is 3. The number of nitro benzene ring substituents is 1. The van der Waals surface area contributed by atoms with Gasteiger partial charge in [-0.05, 0) is 31.4 Å². The molecule has 0 atom stereocenters. The summed E-state index contributed by atoms with van der Waals surface area (Å²) in [5, 5.41) is 13.5. The smallest absolute Gasteiger partial charge is 0.422 e. The van der Waals surface area contributed by atoms with Crippen LogP contribution >= 0.6 is 0 Å². The lowest BCUT2D eigenvalue weighted by Gasteiger charge is -2.26. The number of hydrogen-bond donors (Lipinski definition) is 1. The van der Waals surface area contributed by atoms with Crippen LogP contribution in [0, 0.1) is 10.1 Å². The summed E-state index contributed by atoms with van der Waals surface area (Å²) in [4.78, 5) is 24.2. The van der Waals surface area contributed by atoms with Gasteiger partial charge in [0, 0.05) is 30.9 Å². The molecule has 0 amide bonds. The van der Waals surface area contributed by atoms with E-state index in [1.807, 2.05) is 4.90 Å². The molecule has 1 fully saturated rings. The largest absolute Gasteiger partial charge is 0.454 e. The Morgan fingerprint density at radius 1 is 1.11 bits per heavy atom. The van der Waals surface area contributed by atoms with Gasteiger partial charge >= 0.3 is 12.2 Å². The van der Waals surface area contributed by atoms with Crippen molar-refractivity contribution in [2.24, 2.45) is 0 Å². The molecule has 1 aliphatic heterocycles. The van der Waals surface area contributed by atoms with Gasteiger partial charge in [0.15, 0.2) is 6.61 Å². The van der Waals surface area contributed by atoms with E-state index in [1.54, 1.807) is 0 Å². The number of rotatable bonds is 6. The fourth-order valence-electron chi connectivity index (χ4n) is 2.64. The quantitative estimate of drug-likeness (QED) is 0.582. The van der Waals surface area contributed by atoms with Crippen molar-refractivity contribution in [2.45, 2.75) is 25.4 Å². The molecule has 0 aliphatic carbocycles. The molecule has 0 unspecified atom stereocenters. The minimum Gasteiger partial charge on any atom is -0.454 e. The number of benzene rings is 1. The van der Waals surface area contributed by atoms with Crippen LogP contribution in [0.25, 0.3) is 0 Å². The zero-order chi connectivity index (χ0) is 20.1. The van der Waals surface area contributed by atoms with Gasteiger partial charge < -0.3 is 15.0 Å². The lowest BCUT2D eigenvalue weighted by molar-refractivity contribution is -0.384. The highest BCUT2D eigenvalue weighted by molar-refractivity contribution is 5.56. The summed E-state index contributed by atoms with van der Waals surface area (Å²) in [5.74, 6) is 0.206. The molecule has 1 aliphatic rings. The molecular formula is C16H17F3N6O3. The maximum Gasteiger partial charge on any atom is 0.422 e. The Hall–Kier alpha value is -3.18. The van der Waals surface area contributed by atoms with Gasteiger partial charge in [-0.25, -0.2) is 0 Å². The topological polar surface area (TPSA) is 106 Å². The first-order chi connectivity index (χ1) is 13.3. The molecule has 2 heterocycles. The van der Waals surface area contributed by atoms with Gasteiger partial charge in [0.25, 0.3) is 5.69 Å². The molecule has 1 aromatic carbocycles. The summed E-state index contributed by atoms with van der Waals surface area (Å²) in [6, 6.07) is 5.02. The first kappa shape index (κ1) is 19.6. The minimum atomic E-state index is -4.52. The van der Waals surface area contributed by atoms with Gasteiger partial charge in [0.2, 0.25) is 11.9 Å². The van der Waals surface area contributed by atoms with Gasteiger partial charge in [0.05, 0.1) is 4.92 Å². The van der Waals surface area contributed by atoms with Gasteiger partial charge in [-0.1, -0.05) is 0 Å². The standard InChI is InChI=1S/C16H17F3N6O3/c17-16(18,19)10-28-15-22-13(20-11-4-6-12(7-5-11)25(26)27)21-14(23-15)24-8-2-1-3-9-24/h4-7H,1-3,8-10H2,(H,20,21,22,23). The van der Waals surface area contributed by atoms with Crippen LogP contribution < -0.4 is 15.0 Å². The van der Waals surface area contributed by atoms with E-state index in [9.17, 15) is 23.3 Å². The van der Waals surface area contributed by atoms with E-state index in [4.69, 9.17) is 0 Å². The van der Waals surface area contributed by atoms with Gasteiger partial charge in [-0.2, -0.15) is 28.1 Å². The first-order valence-electron chi connectivity index (χ1n) is 8.52. The second-order valence-electron chi connectivity index (χ2n) is 6.12. The van der Waals surface area contributed by atoms with Crippen LogP contribution in [0.5, 0.6) is 6.01 Å². The van der Waals surface area contributed by atoms with Gasteiger partial charge in [-0.3, -0.25) is 10.1 Å². The van der Waals surface area contributed by atoms with Crippen LogP contribution in [0.2, 0.25) is 0 Å². The Kier molecular flexibility index (Phi) is 5.76. The number of ether oxygens (including phenoxy) is 1. The third kappa shape index (κ3) is 5.41. The van der Waals surface area contributed by atoms with Crippen molar-refractivity contribution >= 4 is 23.3 Å². The number of nitro groups is 1. The molecule has 0 spiro atoms. The average Bonchev–Trinajstić information content (AvgIpc) is 2.67. The molecule has 0 saturated carbocycles. The number of aromatic nitrogens is 3. The summed E-state index contributed by atoms with van der Waals surface area (Å²) < 4.78 is 42.1. The fourth-order valence-corrected chi connectivity index (χ4v) is 2.64. The van der Waals surface area contributed by atoms with Gasteiger partial charge in [-0.15, -0.1) is 0 Å². The predicted molar refractivity (Wildman–Crippen MR) is 93.8 cm³/mol. The van der Waals surface area contributed by atoms with Crippen molar-refractivity contribution in [3.8, 4) is 6.01 Å². The van der Waals surface area contributed by atoms with Crippen LogP contribution in [0.4, 0.5) is 36.4 Å². The lowest BCUT2D eigenvalue weighted by Crippen LogP contribution is -2.31. The van der Waals surface area contributed by atoms with Crippen LogP contribution in [-0.4, -0.2) is 45.7 Å². The third-order valence-corrected chi connectivity index (χ3v) is 3.94. The van der Waals surface area contributed by atoms with Crippen molar-refractivity contribution in [1.29, 1.82) is 0 Å². The summed E-state index contributed by atoms with van der Waals surface area (Å²) in [7, 11) is 0. The van der Waals surface area contributed by atoms with Crippen LogP contribution in [-0.2, 0) is 0 Å². The maximum absolute atomic E-state index is 12.5. The van der Waals surface area contributed by atoms with E-state index in [1.165, 1.54) is 24.3 Å². The molecule has 28 heavy (non-hydrogen) atoms. The SMILES string of the molecule is O=[N+]([O-])c1ccc(Nc2nc(OCC(F)(F)F)nc(N3CCCCC3)n2)cc1. The van der Waals surface area contributed by atoms with Gasteiger partial charge in [0.1, 0.15) is 0 Å². The summed E-state index contributed by atoms with van der Waals surface area (Å²) in [5.41, 5.74) is 0.340. The Morgan fingerprint density at radius 2 is 1.79 bits per heavy atom. The minimum absolute atomic E-state index is 0.0124. The average molecular weight is 398 g/mol. The zero-order valence-corrected chi connectivity index (χ0v) is 14.6. The zero-order valence-electron chi connectivity index (χ0n) is 14.6. The molecule has 0 bridgehead atoms. The predicted octanol–water partition coefficient (Wildman–Crippen LogP) is 3.45. The third-order valence-electron chi connectivity index (χ3n) is 3.94. The molecule has 3 rings (SSSR count). The Labute approximate surface area is 157 Å². The number of non-ortho nitro benzene ring substituents is 1.